The van der Waals surface area contributed by atoms with Gasteiger partial charge >= 0.3 is 0 Å². The highest BCUT2D eigenvalue weighted by molar-refractivity contribution is 7.84. The summed E-state index contributed by atoms with van der Waals surface area (Å²) in [6.07, 6.45) is 3.39. The zero-order chi connectivity index (χ0) is 18.5. The molecule has 3 rings (SSSR count). The fourth-order valence-corrected chi connectivity index (χ4v) is 3.81. The summed E-state index contributed by atoms with van der Waals surface area (Å²) in [5.74, 6) is -0.234. The van der Waals surface area contributed by atoms with Crippen LogP contribution in [0.1, 0.15) is 17.2 Å². The molecular weight excluding hydrogens is 348 g/mol. The highest BCUT2D eigenvalue weighted by Gasteiger charge is 2.22. The summed E-state index contributed by atoms with van der Waals surface area (Å²) in [6, 6.07) is 19.3. The quantitative estimate of drug-likeness (QED) is 0.720. The van der Waals surface area contributed by atoms with Gasteiger partial charge in [-0.25, -0.2) is 0 Å². The van der Waals surface area contributed by atoms with Crippen LogP contribution in [0.5, 0.6) is 5.75 Å². The maximum Gasteiger partial charge on any atom is 0.226 e. The highest BCUT2D eigenvalue weighted by Crippen LogP contribution is 2.28. The number of aromatic hydroxyl groups is 1. The summed E-state index contributed by atoms with van der Waals surface area (Å²) in [7, 11) is -1.09. The van der Waals surface area contributed by atoms with E-state index in [0.717, 1.165) is 16.7 Å². The molecule has 1 heterocycles. The molecule has 0 aliphatic rings. The first-order valence-corrected chi connectivity index (χ1v) is 10.0. The fourth-order valence-electron chi connectivity index (χ4n) is 2.97. The van der Waals surface area contributed by atoms with Gasteiger partial charge in [0, 0.05) is 34.8 Å². The molecule has 2 atom stereocenters. The van der Waals surface area contributed by atoms with E-state index in [4.69, 9.17) is 4.42 Å². The molecule has 1 aromatic heterocycles. The van der Waals surface area contributed by atoms with E-state index >= 15 is 0 Å². The largest absolute Gasteiger partial charge is 0.502 e. The minimum Gasteiger partial charge on any atom is -0.502 e. The molecule has 4 nitrogen and oxygen atoms in total. The van der Waals surface area contributed by atoms with Crippen molar-refractivity contribution in [3.8, 4) is 16.9 Å². The van der Waals surface area contributed by atoms with E-state index in [1.54, 1.807) is 6.26 Å². The SMILES string of the molecule is CS(=O)CC(Cc1ccc(-c2ccccc2)cc1)c1occc(=O)c1O. The normalized spacial score (nSPS) is 13.3. The molecule has 1 N–H and O–H groups in total. The van der Waals surface area contributed by atoms with Gasteiger partial charge in [-0.15, -0.1) is 0 Å². The summed E-state index contributed by atoms with van der Waals surface area (Å²) < 4.78 is 17.1. The molecule has 0 radical (unpaired) electrons. The Bertz CT molecular complexity index is 946. The van der Waals surface area contributed by atoms with Gasteiger partial charge in [-0.3, -0.25) is 9.00 Å². The Balaban J connectivity index is 1.86. The van der Waals surface area contributed by atoms with Crippen LogP contribution < -0.4 is 5.43 Å². The minimum absolute atomic E-state index is 0.194. The van der Waals surface area contributed by atoms with Crippen LogP contribution in [0.15, 0.2) is 76.1 Å². The molecular formula is C21H20O4S. The Morgan fingerprint density at radius 3 is 2.31 bits per heavy atom. The molecule has 134 valence electrons. The maximum atomic E-state index is 11.8. The van der Waals surface area contributed by atoms with Crippen LogP contribution in [0.25, 0.3) is 11.1 Å². The van der Waals surface area contributed by atoms with Gasteiger partial charge in [0.25, 0.3) is 0 Å². The van der Waals surface area contributed by atoms with Crippen LogP contribution in [0.4, 0.5) is 0 Å². The summed E-state index contributed by atoms with van der Waals surface area (Å²) in [5.41, 5.74) is 2.78. The molecule has 5 heteroatoms. The molecule has 0 amide bonds. The van der Waals surface area contributed by atoms with Gasteiger partial charge in [0.05, 0.1) is 6.26 Å². The van der Waals surface area contributed by atoms with Gasteiger partial charge in [0.15, 0.2) is 5.76 Å². The van der Waals surface area contributed by atoms with Crippen molar-refractivity contribution in [2.75, 3.05) is 12.0 Å². The van der Waals surface area contributed by atoms with Gasteiger partial charge in [-0.2, -0.15) is 0 Å². The maximum absolute atomic E-state index is 11.8. The third kappa shape index (κ3) is 4.29. The second kappa shape index (κ2) is 8.15. The van der Waals surface area contributed by atoms with E-state index in [1.807, 2.05) is 42.5 Å². The van der Waals surface area contributed by atoms with Gasteiger partial charge in [-0.1, -0.05) is 54.6 Å². The van der Waals surface area contributed by atoms with Gasteiger partial charge < -0.3 is 9.52 Å². The predicted octanol–water partition coefficient (Wildman–Crippen LogP) is 3.72. The van der Waals surface area contributed by atoms with Crippen molar-refractivity contribution in [1.29, 1.82) is 0 Å². The molecule has 3 aromatic rings. The van der Waals surface area contributed by atoms with E-state index in [-0.39, 0.29) is 11.7 Å². The number of benzene rings is 2. The molecule has 0 fully saturated rings. The molecule has 2 aromatic carbocycles. The van der Waals surface area contributed by atoms with Crippen LogP contribution in [-0.2, 0) is 17.2 Å². The van der Waals surface area contributed by atoms with E-state index in [1.165, 1.54) is 12.3 Å². The smallest absolute Gasteiger partial charge is 0.226 e. The van der Waals surface area contributed by atoms with Crippen LogP contribution in [0, 0.1) is 0 Å². The first kappa shape index (κ1) is 18.1. The van der Waals surface area contributed by atoms with E-state index in [0.29, 0.717) is 12.2 Å². The zero-order valence-electron chi connectivity index (χ0n) is 14.4. The van der Waals surface area contributed by atoms with Crippen molar-refractivity contribution in [2.45, 2.75) is 12.3 Å². The Hall–Kier alpha value is -2.66. The molecule has 26 heavy (non-hydrogen) atoms. The topological polar surface area (TPSA) is 67.5 Å². The Labute approximate surface area is 154 Å². The Kier molecular flexibility index (Phi) is 5.68. The lowest BCUT2D eigenvalue weighted by Gasteiger charge is -2.16. The number of hydrogen-bond donors (Lipinski definition) is 1. The van der Waals surface area contributed by atoms with Crippen molar-refractivity contribution in [3.63, 3.8) is 0 Å². The Morgan fingerprint density at radius 2 is 1.65 bits per heavy atom. The summed E-state index contributed by atoms with van der Waals surface area (Å²) >= 11 is 0. The fraction of sp³-hybridized carbons (Fsp3) is 0.190. The van der Waals surface area contributed by atoms with Gasteiger partial charge in [0.1, 0.15) is 0 Å². The lowest BCUT2D eigenvalue weighted by molar-refractivity contribution is 0.382. The lowest BCUT2D eigenvalue weighted by atomic mass is 9.96. The molecule has 0 aliphatic heterocycles. The first-order chi connectivity index (χ1) is 12.5. The Morgan fingerprint density at radius 1 is 1.00 bits per heavy atom. The molecule has 0 spiro atoms. The molecule has 0 saturated carbocycles. The number of hydrogen-bond acceptors (Lipinski definition) is 4. The minimum atomic E-state index is -1.09. The standard InChI is InChI=1S/C21H20O4S/c1-26(24)14-18(21-20(23)19(22)11-12-25-21)13-15-7-9-17(10-8-15)16-5-3-2-4-6-16/h2-12,18,23H,13-14H2,1H3. The molecule has 0 saturated heterocycles. The van der Waals surface area contributed by atoms with Gasteiger partial charge in [-0.05, 0) is 23.1 Å². The van der Waals surface area contributed by atoms with Crippen LogP contribution in [-0.4, -0.2) is 21.3 Å². The highest BCUT2D eigenvalue weighted by atomic mass is 32.2. The predicted molar refractivity (Wildman–Crippen MR) is 104 cm³/mol. The van der Waals surface area contributed by atoms with E-state index < -0.39 is 22.0 Å². The van der Waals surface area contributed by atoms with E-state index in [9.17, 15) is 14.1 Å². The van der Waals surface area contributed by atoms with Crippen molar-refractivity contribution in [2.24, 2.45) is 0 Å². The molecule has 0 aliphatic carbocycles. The average Bonchev–Trinajstić information content (AvgIpc) is 2.64. The van der Waals surface area contributed by atoms with Crippen LogP contribution in [0.3, 0.4) is 0 Å². The summed E-state index contributed by atoms with van der Waals surface area (Å²) in [6.45, 7) is 0. The van der Waals surface area contributed by atoms with Crippen molar-refractivity contribution in [1.82, 2.24) is 0 Å². The third-order valence-electron chi connectivity index (χ3n) is 4.23. The van der Waals surface area contributed by atoms with Crippen molar-refractivity contribution >= 4 is 10.8 Å². The molecule has 0 bridgehead atoms. The third-order valence-corrected chi connectivity index (χ3v) is 5.10. The second-order valence-corrected chi connectivity index (χ2v) is 7.68. The van der Waals surface area contributed by atoms with Crippen LogP contribution in [0.2, 0.25) is 0 Å². The van der Waals surface area contributed by atoms with Crippen molar-refractivity contribution < 1.29 is 13.7 Å². The zero-order valence-corrected chi connectivity index (χ0v) is 15.2. The summed E-state index contributed by atoms with van der Waals surface area (Å²) in [5, 5.41) is 10.0. The molecule has 2 unspecified atom stereocenters. The number of rotatable bonds is 6. The van der Waals surface area contributed by atoms with Crippen molar-refractivity contribution in [3.05, 3.63) is 88.5 Å². The van der Waals surface area contributed by atoms with E-state index in [2.05, 4.69) is 12.1 Å². The van der Waals surface area contributed by atoms with Crippen LogP contribution >= 0.6 is 0 Å². The lowest BCUT2D eigenvalue weighted by Crippen LogP contribution is -2.14. The summed E-state index contributed by atoms with van der Waals surface area (Å²) in [4.78, 5) is 11.7. The monoisotopic (exact) mass is 368 g/mol. The van der Waals surface area contributed by atoms with Gasteiger partial charge in [0.2, 0.25) is 11.2 Å². The average molecular weight is 368 g/mol. The first-order valence-electron chi connectivity index (χ1n) is 8.29. The second-order valence-electron chi connectivity index (χ2n) is 6.20.